The van der Waals surface area contributed by atoms with Gasteiger partial charge in [0.2, 0.25) is 5.91 Å². The van der Waals surface area contributed by atoms with Crippen molar-refractivity contribution in [1.82, 2.24) is 5.43 Å². The maximum atomic E-state index is 10.2. The molecular formula is C4H4N2O2. The molecule has 1 heterocycles. The maximum absolute atomic E-state index is 10.2. The smallest absolute Gasteiger partial charge is 0.246 e. The van der Waals surface area contributed by atoms with E-state index in [1.54, 1.807) is 0 Å². The normalized spacial score (nSPS) is 17.5. The number of hydrogen-bond donors (Lipinski definition) is 1. The first-order valence-electron chi connectivity index (χ1n) is 2.13. The highest BCUT2D eigenvalue weighted by atomic mass is 16.2. The molecule has 1 rings (SSSR count). The van der Waals surface area contributed by atoms with Crippen LogP contribution in [0.2, 0.25) is 0 Å². The predicted octanol–water partition coefficient (Wildman–Crippen LogP) is -0.939. The molecule has 4 nitrogen and oxygen atoms in total. The third kappa shape index (κ3) is 0.726. The van der Waals surface area contributed by atoms with Crippen molar-refractivity contribution in [3.63, 3.8) is 0 Å². The lowest BCUT2D eigenvalue weighted by atomic mass is 10.3. The molecule has 8 heavy (non-hydrogen) atoms. The van der Waals surface area contributed by atoms with Crippen LogP contribution in [0.4, 0.5) is 0 Å². The Labute approximate surface area is 45.6 Å². The van der Waals surface area contributed by atoms with Gasteiger partial charge in [0.25, 0.3) is 0 Å². The fraction of sp³-hybridized carbons (Fsp3) is 0.250. The molecular weight excluding hydrogens is 108 g/mol. The minimum absolute atomic E-state index is 0.128. The van der Waals surface area contributed by atoms with E-state index in [1.807, 2.05) is 0 Å². The first-order valence-corrected chi connectivity index (χ1v) is 2.13. The molecule has 0 saturated heterocycles. The predicted molar refractivity (Wildman–Crippen MR) is 26.3 cm³/mol. The van der Waals surface area contributed by atoms with Gasteiger partial charge >= 0.3 is 0 Å². The largest absolute Gasteiger partial charge is 0.296 e. The number of amides is 1. The van der Waals surface area contributed by atoms with E-state index in [2.05, 4.69) is 10.5 Å². The van der Waals surface area contributed by atoms with Crippen molar-refractivity contribution in [2.45, 2.75) is 6.42 Å². The molecule has 1 aliphatic rings. The van der Waals surface area contributed by atoms with E-state index in [9.17, 15) is 9.59 Å². The van der Waals surface area contributed by atoms with Gasteiger partial charge in [0, 0.05) is 0 Å². The van der Waals surface area contributed by atoms with Gasteiger partial charge in [-0.2, -0.15) is 5.10 Å². The maximum Gasteiger partial charge on any atom is 0.246 e. The Morgan fingerprint density at radius 3 is 2.75 bits per heavy atom. The molecule has 0 unspecified atom stereocenters. The molecule has 0 aliphatic carbocycles. The topological polar surface area (TPSA) is 58.5 Å². The molecule has 0 saturated carbocycles. The van der Waals surface area contributed by atoms with E-state index in [1.165, 1.54) is 0 Å². The van der Waals surface area contributed by atoms with E-state index in [0.29, 0.717) is 6.29 Å². The van der Waals surface area contributed by atoms with Crippen LogP contribution in [-0.4, -0.2) is 17.9 Å². The number of rotatable bonds is 1. The van der Waals surface area contributed by atoms with Gasteiger partial charge in [-0.25, -0.2) is 5.43 Å². The zero-order valence-electron chi connectivity index (χ0n) is 4.05. The molecule has 1 N–H and O–H groups in total. The van der Waals surface area contributed by atoms with E-state index >= 15 is 0 Å². The Balaban J connectivity index is 2.61. The van der Waals surface area contributed by atoms with Gasteiger partial charge in [-0.3, -0.25) is 9.59 Å². The third-order valence-corrected chi connectivity index (χ3v) is 0.802. The van der Waals surface area contributed by atoms with Crippen LogP contribution in [0.25, 0.3) is 0 Å². The fourth-order valence-corrected chi connectivity index (χ4v) is 0.446. The third-order valence-electron chi connectivity index (χ3n) is 0.802. The minimum atomic E-state index is -0.216. The summed E-state index contributed by atoms with van der Waals surface area (Å²) < 4.78 is 0. The molecule has 1 amide bonds. The number of nitrogens with zero attached hydrogens (tertiary/aromatic N) is 1. The molecule has 1 aliphatic heterocycles. The van der Waals surface area contributed by atoms with Crippen LogP contribution in [0.5, 0.6) is 0 Å². The first kappa shape index (κ1) is 4.96. The Kier molecular flexibility index (Phi) is 1.07. The molecule has 4 heteroatoms. The second kappa shape index (κ2) is 1.73. The summed E-state index contributed by atoms with van der Waals surface area (Å²) in [6.07, 6.45) is 0.696. The van der Waals surface area contributed by atoms with Crippen LogP contribution in [0.1, 0.15) is 6.42 Å². The lowest BCUT2D eigenvalue weighted by molar-refractivity contribution is -0.119. The quantitative estimate of drug-likeness (QED) is 0.445. The van der Waals surface area contributed by atoms with E-state index in [0.717, 1.165) is 0 Å². The van der Waals surface area contributed by atoms with Crippen LogP contribution in [-0.2, 0) is 9.59 Å². The van der Waals surface area contributed by atoms with Crippen molar-refractivity contribution in [3.05, 3.63) is 0 Å². The van der Waals surface area contributed by atoms with Gasteiger partial charge in [0.15, 0.2) is 6.29 Å². The molecule has 0 radical (unpaired) electrons. The van der Waals surface area contributed by atoms with Crippen LogP contribution in [0.15, 0.2) is 5.10 Å². The molecule has 0 aromatic rings. The second-order valence-corrected chi connectivity index (χ2v) is 1.43. The summed E-state index contributed by atoms with van der Waals surface area (Å²) in [4.78, 5) is 20.1. The minimum Gasteiger partial charge on any atom is -0.296 e. The van der Waals surface area contributed by atoms with Gasteiger partial charge < -0.3 is 0 Å². The number of hydrogen-bond acceptors (Lipinski definition) is 3. The number of carbonyl (C=O) groups excluding carboxylic acids is 2. The summed E-state index contributed by atoms with van der Waals surface area (Å²) in [5.41, 5.74) is 2.41. The van der Waals surface area contributed by atoms with E-state index in [-0.39, 0.29) is 18.0 Å². The Morgan fingerprint density at radius 1 is 1.75 bits per heavy atom. The Bertz CT molecular complexity index is 161. The molecule has 0 aromatic heterocycles. The molecule has 0 spiro atoms. The van der Waals surface area contributed by atoms with E-state index in [4.69, 9.17) is 0 Å². The van der Waals surface area contributed by atoms with Crippen molar-refractivity contribution in [2.75, 3.05) is 0 Å². The second-order valence-electron chi connectivity index (χ2n) is 1.43. The number of aldehydes is 1. The first-order chi connectivity index (χ1) is 3.83. The Morgan fingerprint density at radius 2 is 2.50 bits per heavy atom. The van der Waals surface area contributed by atoms with Crippen LogP contribution in [0, 0.1) is 0 Å². The summed E-state index contributed by atoms with van der Waals surface area (Å²) in [7, 11) is 0. The van der Waals surface area contributed by atoms with Crippen LogP contribution >= 0.6 is 0 Å². The van der Waals surface area contributed by atoms with Gasteiger partial charge in [0.05, 0.1) is 6.42 Å². The van der Waals surface area contributed by atoms with Crippen molar-refractivity contribution in [3.8, 4) is 0 Å². The van der Waals surface area contributed by atoms with Crippen molar-refractivity contribution in [1.29, 1.82) is 0 Å². The van der Waals surface area contributed by atoms with Crippen molar-refractivity contribution < 1.29 is 9.59 Å². The highest BCUT2D eigenvalue weighted by molar-refractivity contribution is 6.34. The summed E-state index contributed by atoms with van der Waals surface area (Å²) in [5, 5.41) is 3.38. The zero-order chi connectivity index (χ0) is 5.98. The van der Waals surface area contributed by atoms with Gasteiger partial charge in [-0.1, -0.05) is 0 Å². The molecule has 0 atom stereocenters. The van der Waals surface area contributed by atoms with Crippen LogP contribution in [0.3, 0.4) is 0 Å². The number of carbonyl (C=O) groups is 2. The average Bonchev–Trinajstić information content (AvgIpc) is 2.14. The molecule has 0 aromatic carbocycles. The molecule has 0 bridgehead atoms. The summed E-state index contributed by atoms with van der Waals surface area (Å²) >= 11 is 0. The molecule has 0 fully saturated rings. The number of hydrazone groups is 1. The fourth-order valence-electron chi connectivity index (χ4n) is 0.446. The van der Waals surface area contributed by atoms with Gasteiger partial charge in [0.1, 0.15) is 5.71 Å². The zero-order valence-corrected chi connectivity index (χ0v) is 4.05. The summed E-state index contributed by atoms with van der Waals surface area (Å²) in [6, 6.07) is 0. The monoisotopic (exact) mass is 112 g/mol. The highest BCUT2D eigenvalue weighted by Gasteiger charge is 2.11. The Hall–Kier alpha value is -1.19. The van der Waals surface area contributed by atoms with Gasteiger partial charge in [-0.05, 0) is 0 Å². The molecule has 42 valence electrons. The summed E-state index contributed by atoms with van der Waals surface area (Å²) in [5.74, 6) is -0.216. The highest BCUT2D eigenvalue weighted by Crippen LogP contribution is 1.90. The van der Waals surface area contributed by atoms with Crippen molar-refractivity contribution >= 4 is 17.9 Å². The number of nitrogens with one attached hydrogen (secondary N) is 1. The SMILES string of the molecule is O=CC1=NNC(=O)C1. The van der Waals surface area contributed by atoms with Crippen molar-refractivity contribution in [2.24, 2.45) is 5.10 Å². The average molecular weight is 112 g/mol. The standard InChI is InChI=1S/C4H4N2O2/c7-2-3-1-4(8)6-5-3/h2H,1H2,(H,6,8). The van der Waals surface area contributed by atoms with E-state index < -0.39 is 0 Å². The lowest BCUT2D eigenvalue weighted by Crippen LogP contribution is -2.09. The van der Waals surface area contributed by atoms with Gasteiger partial charge in [-0.15, -0.1) is 0 Å². The lowest BCUT2D eigenvalue weighted by Gasteiger charge is -1.76. The van der Waals surface area contributed by atoms with Crippen LogP contribution < -0.4 is 5.43 Å². The summed E-state index contributed by atoms with van der Waals surface area (Å²) in [6.45, 7) is 0.